The quantitative estimate of drug-likeness (QED) is 0.625. The van der Waals surface area contributed by atoms with E-state index in [-0.39, 0.29) is 0 Å². The van der Waals surface area contributed by atoms with Gasteiger partial charge in [-0.1, -0.05) is 0 Å². The van der Waals surface area contributed by atoms with E-state index in [0.29, 0.717) is 6.04 Å². The van der Waals surface area contributed by atoms with Crippen LogP contribution in [0, 0.1) is 0 Å². The summed E-state index contributed by atoms with van der Waals surface area (Å²) in [6, 6.07) is 0.671. The Morgan fingerprint density at radius 3 is 2.15 bits per heavy atom. The van der Waals surface area contributed by atoms with Gasteiger partial charge in [0.2, 0.25) is 0 Å². The first-order valence-corrected chi connectivity index (χ1v) is 5.03. The van der Waals surface area contributed by atoms with Gasteiger partial charge < -0.3 is 15.1 Å². The molecular weight excluding hydrogens is 162 g/mol. The molecule has 1 N–H and O–H groups in total. The van der Waals surface area contributed by atoms with Crippen LogP contribution in [-0.4, -0.2) is 64.2 Å². The second-order valence-corrected chi connectivity index (χ2v) is 4.12. The fraction of sp³-hybridized carbons (Fsp3) is 1.00. The molecule has 0 bridgehead atoms. The second-order valence-electron chi connectivity index (χ2n) is 4.12. The summed E-state index contributed by atoms with van der Waals surface area (Å²) < 4.78 is 0. The molecule has 0 aromatic carbocycles. The van der Waals surface area contributed by atoms with E-state index >= 15 is 0 Å². The fourth-order valence-corrected chi connectivity index (χ4v) is 1.42. The van der Waals surface area contributed by atoms with Crippen LogP contribution in [0.4, 0.5) is 0 Å². The molecule has 0 heterocycles. The third-order valence-corrected chi connectivity index (χ3v) is 2.31. The summed E-state index contributed by atoms with van der Waals surface area (Å²) in [6.45, 7) is 2.27. The van der Waals surface area contributed by atoms with Crippen molar-refractivity contribution in [2.75, 3.05) is 48.3 Å². The molecule has 1 atom stereocenters. The van der Waals surface area contributed by atoms with Gasteiger partial charge in [0, 0.05) is 12.6 Å². The van der Waals surface area contributed by atoms with Crippen LogP contribution in [0.25, 0.3) is 0 Å². The van der Waals surface area contributed by atoms with Crippen LogP contribution in [0.1, 0.15) is 12.8 Å². The van der Waals surface area contributed by atoms with Gasteiger partial charge in [-0.25, -0.2) is 0 Å². The summed E-state index contributed by atoms with van der Waals surface area (Å²) in [6.07, 6.45) is 2.55. The molecule has 0 spiro atoms. The smallest absolute Gasteiger partial charge is 0.0214 e. The average Bonchev–Trinajstić information content (AvgIpc) is 2.02. The Labute approximate surface area is 83.1 Å². The predicted molar refractivity (Wildman–Crippen MR) is 59.2 cm³/mol. The minimum absolute atomic E-state index is 0.671. The lowest BCUT2D eigenvalue weighted by Crippen LogP contribution is -2.37. The molecule has 0 aliphatic carbocycles. The largest absolute Gasteiger partial charge is 0.318 e. The van der Waals surface area contributed by atoms with Crippen molar-refractivity contribution in [3.05, 3.63) is 0 Å². The monoisotopic (exact) mass is 187 g/mol. The highest BCUT2D eigenvalue weighted by atomic mass is 15.1. The SMILES string of the molecule is CNCC(CCCN(C)C)N(C)C. The van der Waals surface area contributed by atoms with Gasteiger partial charge in [-0.15, -0.1) is 0 Å². The van der Waals surface area contributed by atoms with Crippen molar-refractivity contribution < 1.29 is 0 Å². The Bertz CT molecular complexity index is 113. The maximum absolute atomic E-state index is 3.23. The van der Waals surface area contributed by atoms with E-state index < -0.39 is 0 Å². The maximum atomic E-state index is 3.23. The second kappa shape index (κ2) is 7.30. The standard InChI is InChI=1S/C10H25N3/c1-11-9-10(13(4)5)7-6-8-12(2)3/h10-11H,6-9H2,1-5H3. The van der Waals surface area contributed by atoms with Crippen LogP contribution >= 0.6 is 0 Å². The third kappa shape index (κ3) is 6.99. The van der Waals surface area contributed by atoms with Gasteiger partial charge in [0.25, 0.3) is 0 Å². The summed E-state index contributed by atoms with van der Waals surface area (Å²) in [5, 5.41) is 3.23. The molecule has 0 aliphatic heterocycles. The molecule has 0 saturated carbocycles. The van der Waals surface area contributed by atoms with Crippen LogP contribution in [0.5, 0.6) is 0 Å². The van der Waals surface area contributed by atoms with Gasteiger partial charge in [0.15, 0.2) is 0 Å². The van der Waals surface area contributed by atoms with E-state index in [4.69, 9.17) is 0 Å². The lowest BCUT2D eigenvalue weighted by Gasteiger charge is -2.24. The van der Waals surface area contributed by atoms with E-state index in [1.165, 1.54) is 19.4 Å². The van der Waals surface area contributed by atoms with E-state index in [1.54, 1.807) is 0 Å². The third-order valence-electron chi connectivity index (χ3n) is 2.31. The molecule has 0 aromatic rings. The zero-order chi connectivity index (χ0) is 10.3. The van der Waals surface area contributed by atoms with Crippen molar-refractivity contribution >= 4 is 0 Å². The van der Waals surface area contributed by atoms with E-state index in [1.807, 2.05) is 7.05 Å². The molecule has 0 fully saturated rings. The van der Waals surface area contributed by atoms with Crippen LogP contribution in [-0.2, 0) is 0 Å². The van der Waals surface area contributed by atoms with Gasteiger partial charge in [-0.05, 0) is 54.6 Å². The first-order chi connectivity index (χ1) is 6.07. The van der Waals surface area contributed by atoms with Crippen molar-refractivity contribution in [3.8, 4) is 0 Å². The molecule has 13 heavy (non-hydrogen) atoms. The predicted octanol–water partition coefficient (Wildman–Crippen LogP) is 0.478. The van der Waals surface area contributed by atoms with Crippen molar-refractivity contribution in [1.29, 1.82) is 0 Å². The van der Waals surface area contributed by atoms with Gasteiger partial charge in [0.05, 0.1) is 0 Å². The minimum atomic E-state index is 0.671. The number of hydrogen-bond acceptors (Lipinski definition) is 3. The van der Waals surface area contributed by atoms with Crippen LogP contribution < -0.4 is 5.32 Å². The number of hydrogen-bond donors (Lipinski definition) is 1. The first-order valence-electron chi connectivity index (χ1n) is 5.03. The molecule has 0 amide bonds. The number of nitrogens with zero attached hydrogens (tertiary/aromatic N) is 2. The van der Waals surface area contributed by atoms with Gasteiger partial charge in [-0.3, -0.25) is 0 Å². The maximum Gasteiger partial charge on any atom is 0.0214 e. The summed E-state index contributed by atoms with van der Waals surface area (Å²) in [5.41, 5.74) is 0. The Kier molecular flexibility index (Phi) is 7.23. The van der Waals surface area contributed by atoms with Crippen LogP contribution in [0.15, 0.2) is 0 Å². The van der Waals surface area contributed by atoms with E-state index in [0.717, 1.165) is 6.54 Å². The molecule has 0 rings (SSSR count). The van der Waals surface area contributed by atoms with Gasteiger partial charge in [0.1, 0.15) is 0 Å². The highest BCUT2D eigenvalue weighted by molar-refractivity contribution is 4.68. The molecule has 3 nitrogen and oxygen atoms in total. The van der Waals surface area contributed by atoms with E-state index in [2.05, 4.69) is 43.3 Å². The molecule has 0 saturated heterocycles. The van der Waals surface area contributed by atoms with Crippen molar-refractivity contribution in [2.24, 2.45) is 0 Å². The molecule has 0 radical (unpaired) electrons. The van der Waals surface area contributed by atoms with Gasteiger partial charge in [-0.2, -0.15) is 0 Å². The molecule has 1 unspecified atom stereocenters. The molecule has 80 valence electrons. The van der Waals surface area contributed by atoms with Crippen molar-refractivity contribution in [1.82, 2.24) is 15.1 Å². The summed E-state index contributed by atoms with van der Waals surface area (Å²) in [5.74, 6) is 0. The summed E-state index contributed by atoms with van der Waals surface area (Å²) in [7, 11) is 10.6. The van der Waals surface area contributed by atoms with Crippen LogP contribution in [0.3, 0.4) is 0 Å². The number of nitrogens with one attached hydrogen (secondary N) is 1. The van der Waals surface area contributed by atoms with Crippen molar-refractivity contribution in [3.63, 3.8) is 0 Å². The average molecular weight is 187 g/mol. The number of likely N-dealkylation sites (N-methyl/N-ethyl adjacent to an activating group) is 2. The lowest BCUT2D eigenvalue weighted by atomic mass is 10.1. The minimum Gasteiger partial charge on any atom is -0.318 e. The zero-order valence-electron chi connectivity index (χ0n) is 9.80. The fourth-order valence-electron chi connectivity index (χ4n) is 1.42. The summed E-state index contributed by atoms with van der Waals surface area (Å²) >= 11 is 0. The highest BCUT2D eigenvalue weighted by Gasteiger charge is 2.09. The molecule has 0 aromatic heterocycles. The van der Waals surface area contributed by atoms with Crippen molar-refractivity contribution in [2.45, 2.75) is 18.9 Å². The van der Waals surface area contributed by atoms with E-state index in [9.17, 15) is 0 Å². The molecule has 3 heteroatoms. The highest BCUT2D eigenvalue weighted by Crippen LogP contribution is 2.02. The van der Waals surface area contributed by atoms with Gasteiger partial charge >= 0.3 is 0 Å². The lowest BCUT2D eigenvalue weighted by molar-refractivity contribution is 0.258. The Morgan fingerprint density at radius 1 is 1.15 bits per heavy atom. The number of rotatable bonds is 7. The Balaban J connectivity index is 3.57. The topological polar surface area (TPSA) is 18.5 Å². The first kappa shape index (κ1) is 12.9. The molecule has 0 aliphatic rings. The summed E-state index contributed by atoms with van der Waals surface area (Å²) in [4.78, 5) is 4.54. The normalized spacial score (nSPS) is 14.1. The Hall–Kier alpha value is -0.120. The van der Waals surface area contributed by atoms with Crippen LogP contribution in [0.2, 0.25) is 0 Å². The zero-order valence-corrected chi connectivity index (χ0v) is 9.80. The molecular formula is C10H25N3. The Morgan fingerprint density at radius 2 is 1.77 bits per heavy atom.